The molecule has 0 aliphatic carbocycles. The molecule has 2 N–H and O–H groups in total. The summed E-state index contributed by atoms with van der Waals surface area (Å²) in [5.41, 5.74) is 6.28. The van der Waals surface area contributed by atoms with Gasteiger partial charge in [-0.05, 0) is 6.92 Å². The summed E-state index contributed by atoms with van der Waals surface area (Å²) in [6.45, 7) is 4.08. The quantitative estimate of drug-likeness (QED) is 0.387. The van der Waals surface area contributed by atoms with Crippen molar-refractivity contribution in [2.24, 2.45) is 0 Å². The Balaban J connectivity index is 2.92. The highest BCUT2D eigenvalue weighted by molar-refractivity contribution is 5.96. The van der Waals surface area contributed by atoms with Crippen LogP contribution in [-0.2, 0) is 19.0 Å². The van der Waals surface area contributed by atoms with Crippen molar-refractivity contribution in [1.82, 2.24) is 0 Å². The Kier molecular flexibility index (Phi) is 8.42. The maximum absolute atomic E-state index is 11.9. The average molecular weight is 341 g/mol. The Morgan fingerprint density at radius 3 is 2.21 bits per heavy atom. The van der Waals surface area contributed by atoms with Gasteiger partial charge in [0, 0.05) is 26.2 Å². The molecular weight excluding hydrogens is 318 g/mol. The van der Waals surface area contributed by atoms with Gasteiger partial charge in [-0.3, -0.25) is 4.79 Å². The lowest BCUT2D eigenvalue weighted by atomic mass is 10.1. The molecule has 0 bridgehead atoms. The van der Waals surface area contributed by atoms with Crippen LogP contribution >= 0.6 is 0 Å². The van der Waals surface area contributed by atoms with Gasteiger partial charge in [0.1, 0.15) is 19.8 Å². The van der Waals surface area contributed by atoms with Crippen LogP contribution < -0.4 is 15.2 Å². The van der Waals surface area contributed by atoms with Crippen LogP contribution in [0.25, 0.3) is 0 Å². The van der Waals surface area contributed by atoms with E-state index in [1.165, 1.54) is 19.1 Å². The Labute approximate surface area is 140 Å². The van der Waals surface area contributed by atoms with Crippen LogP contribution in [0.2, 0.25) is 0 Å². The van der Waals surface area contributed by atoms with Crippen molar-refractivity contribution in [2.75, 3.05) is 45.9 Å². The van der Waals surface area contributed by atoms with Gasteiger partial charge < -0.3 is 29.4 Å². The molecule has 1 rings (SSSR count). The second-order valence-corrected chi connectivity index (χ2v) is 4.64. The molecule has 1 aromatic carbocycles. The number of anilines is 1. The van der Waals surface area contributed by atoms with Crippen molar-refractivity contribution in [3.63, 3.8) is 0 Å². The zero-order chi connectivity index (χ0) is 17.9. The van der Waals surface area contributed by atoms with E-state index in [1.807, 2.05) is 0 Å². The van der Waals surface area contributed by atoms with Crippen molar-refractivity contribution in [3.05, 3.63) is 17.7 Å². The first-order valence-corrected chi connectivity index (χ1v) is 7.48. The Morgan fingerprint density at radius 1 is 1.00 bits per heavy atom. The lowest BCUT2D eigenvalue weighted by molar-refractivity contribution is -0.141. The van der Waals surface area contributed by atoms with Gasteiger partial charge in [0.2, 0.25) is 0 Å². The van der Waals surface area contributed by atoms with E-state index in [0.717, 1.165) is 0 Å². The molecule has 8 heteroatoms. The topological polar surface area (TPSA) is 106 Å². The summed E-state index contributed by atoms with van der Waals surface area (Å²) in [4.78, 5) is 22.7. The summed E-state index contributed by atoms with van der Waals surface area (Å²) >= 11 is 0. The number of nitrogens with two attached hydrogens (primary N) is 1. The molecule has 0 unspecified atom stereocenters. The van der Waals surface area contributed by atoms with Crippen LogP contribution in [0.1, 0.15) is 24.2 Å². The Hall–Kier alpha value is -2.48. The Morgan fingerprint density at radius 2 is 1.62 bits per heavy atom. The van der Waals surface area contributed by atoms with E-state index in [-0.39, 0.29) is 37.7 Å². The monoisotopic (exact) mass is 341 g/mol. The predicted octanol–water partition coefficient (Wildman–Crippen LogP) is 1.41. The largest absolute Gasteiger partial charge is 0.487 e. The fraction of sp³-hybridized carbons (Fsp3) is 0.500. The van der Waals surface area contributed by atoms with Crippen LogP contribution in [0, 0.1) is 0 Å². The van der Waals surface area contributed by atoms with E-state index in [2.05, 4.69) is 0 Å². The van der Waals surface area contributed by atoms with Gasteiger partial charge >= 0.3 is 11.9 Å². The number of hydrogen-bond donors (Lipinski definition) is 1. The molecule has 0 radical (unpaired) electrons. The standard InChI is InChI=1S/C16H23NO7/c1-4-21-16(19)12-9-14(24-8-7-22-11(2)18)15(10-13(12)17)23-6-5-20-3/h9-10H,4-8,17H2,1-3H3. The van der Waals surface area contributed by atoms with Crippen LogP contribution in [0.4, 0.5) is 5.69 Å². The number of ether oxygens (including phenoxy) is 5. The first-order valence-electron chi connectivity index (χ1n) is 7.48. The maximum Gasteiger partial charge on any atom is 0.340 e. The highest BCUT2D eigenvalue weighted by Crippen LogP contribution is 2.33. The number of rotatable bonds is 10. The summed E-state index contributed by atoms with van der Waals surface area (Å²) in [7, 11) is 1.55. The molecule has 24 heavy (non-hydrogen) atoms. The molecular formula is C16H23NO7. The van der Waals surface area contributed by atoms with E-state index >= 15 is 0 Å². The van der Waals surface area contributed by atoms with E-state index in [4.69, 9.17) is 29.4 Å². The number of nitrogen functional groups attached to an aromatic ring is 1. The Bertz CT molecular complexity index is 560. The highest BCUT2D eigenvalue weighted by atomic mass is 16.6. The molecule has 0 saturated carbocycles. The smallest absolute Gasteiger partial charge is 0.340 e. The number of methoxy groups -OCH3 is 1. The molecule has 0 aromatic heterocycles. The molecule has 0 heterocycles. The third-order valence-corrected chi connectivity index (χ3v) is 2.80. The summed E-state index contributed by atoms with van der Waals surface area (Å²) < 4.78 is 25.8. The molecule has 134 valence electrons. The van der Waals surface area contributed by atoms with E-state index in [1.54, 1.807) is 14.0 Å². The van der Waals surface area contributed by atoms with Gasteiger partial charge in [-0.15, -0.1) is 0 Å². The van der Waals surface area contributed by atoms with Crippen molar-refractivity contribution in [1.29, 1.82) is 0 Å². The minimum absolute atomic E-state index is 0.0754. The molecule has 0 spiro atoms. The number of carbonyl (C=O) groups excluding carboxylic acids is 2. The normalized spacial score (nSPS) is 10.1. The average Bonchev–Trinajstić information content (AvgIpc) is 2.53. The van der Waals surface area contributed by atoms with Crippen LogP contribution in [0.3, 0.4) is 0 Å². The zero-order valence-electron chi connectivity index (χ0n) is 14.1. The molecule has 1 aromatic rings. The minimum atomic E-state index is -0.553. The van der Waals surface area contributed by atoms with Gasteiger partial charge in [-0.25, -0.2) is 4.79 Å². The van der Waals surface area contributed by atoms with E-state index in [0.29, 0.717) is 18.1 Å². The van der Waals surface area contributed by atoms with Crippen molar-refractivity contribution in [2.45, 2.75) is 13.8 Å². The molecule has 0 amide bonds. The summed E-state index contributed by atoms with van der Waals surface area (Å²) in [6, 6.07) is 2.94. The fourth-order valence-corrected chi connectivity index (χ4v) is 1.76. The van der Waals surface area contributed by atoms with Crippen LogP contribution in [-0.4, -0.2) is 52.1 Å². The van der Waals surface area contributed by atoms with Crippen LogP contribution in [0.5, 0.6) is 11.5 Å². The third-order valence-electron chi connectivity index (χ3n) is 2.80. The zero-order valence-corrected chi connectivity index (χ0v) is 14.1. The number of benzene rings is 1. The lowest BCUT2D eigenvalue weighted by Crippen LogP contribution is -2.13. The minimum Gasteiger partial charge on any atom is -0.487 e. The number of esters is 2. The van der Waals surface area contributed by atoms with Gasteiger partial charge in [-0.1, -0.05) is 0 Å². The first kappa shape index (κ1) is 19.6. The SMILES string of the molecule is CCOC(=O)c1cc(OCCOC(C)=O)c(OCCOC)cc1N. The number of carbonyl (C=O) groups is 2. The van der Waals surface area contributed by atoms with Gasteiger partial charge in [0.05, 0.1) is 24.5 Å². The molecule has 0 aliphatic heterocycles. The molecule has 0 atom stereocenters. The maximum atomic E-state index is 11.9. The molecule has 0 fully saturated rings. The van der Waals surface area contributed by atoms with E-state index in [9.17, 15) is 9.59 Å². The first-order chi connectivity index (χ1) is 11.5. The van der Waals surface area contributed by atoms with Gasteiger partial charge in [0.15, 0.2) is 11.5 Å². The third kappa shape index (κ3) is 6.33. The summed E-state index contributed by atoms with van der Waals surface area (Å²) in [5.74, 6) is -0.293. The molecule has 0 saturated heterocycles. The summed E-state index contributed by atoms with van der Waals surface area (Å²) in [6.07, 6.45) is 0. The van der Waals surface area contributed by atoms with Gasteiger partial charge in [0.25, 0.3) is 0 Å². The van der Waals surface area contributed by atoms with E-state index < -0.39 is 11.9 Å². The summed E-state index contributed by atoms with van der Waals surface area (Å²) in [5, 5.41) is 0. The van der Waals surface area contributed by atoms with Crippen molar-refractivity contribution < 1.29 is 33.3 Å². The second-order valence-electron chi connectivity index (χ2n) is 4.64. The van der Waals surface area contributed by atoms with Crippen molar-refractivity contribution >= 4 is 17.6 Å². The van der Waals surface area contributed by atoms with Gasteiger partial charge in [-0.2, -0.15) is 0 Å². The second kappa shape index (κ2) is 10.3. The fourth-order valence-electron chi connectivity index (χ4n) is 1.76. The van der Waals surface area contributed by atoms with Crippen molar-refractivity contribution in [3.8, 4) is 11.5 Å². The van der Waals surface area contributed by atoms with Crippen LogP contribution in [0.15, 0.2) is 12.1 Å². The highest BCUT2D eigenvalue weighted by Gasteiger charge is 2.17. The molecule has 8 nitrogen and oxygen atoms in total. The predicted molar refractivity (Wildman–Crippen MR) is 86.3 cm³/mol. The lowest BCUT2D eigenvalue weighted by Gasteiger charge is -2.15. The number of hydrogen-bond acceptors (Lipinski definition) is 8. The molecule has 0 aliphatic rings.